The van der Waals surface area contributed by atoms with E-state index in [1.807, 2.05) is 6.08 Å². The predicted molar refractivity (Wildman–Crippen MR) is 68.8 cm³/mol. The third kappa shape index (κ3) is 2.86. The van der Waals surface area contributed by atoms with Gasteiger partial charge in [0, 0.05) is 6.04 Å². The van der Waals surface area contributed by atoms with Gasteiger partial charge in [-0.15, -0.1) is 6.58 Å². The number of allylic oxidation sites excluding steroid dienone is 1. The van der Waals surface area contributed by atoms with Crippen molar-refractivity contribution in [3.8, 4) is 5.75 Å². The molecule has 2 heteroatoms. The van der Waals surface area contributed by atoms with Crippen LogP contribution in [-0.4, -0.2) is 7.11 Å². The quantitative estimate of drug-likeness (QED) is 0.771. The SMILES string of the molecule is C=CCC[C@@H](N)c1cc(C)c(OC)c(C)c1. The lowest BCUT2D eigenvalue weighted by Gasteiger charge is -2.15. The fraction of sp³-hybridized carbons (Fsp3) is 0.429. The molecule has 0 saturated carbocycles. The van der Waals surface area contributed by atoms with E-state index in [1.54, 1.807) is 7.11 Å². The van der Waals surface area contributed by atoms with Crippen molar-refractivity contribution in [2.45, 2.75) is 32.7 Å². The van der Waals surface area contributed by atoms with E-state index in [0.29, 0.717) is 0 Å². The van der Waals surface area contributed by atoms with Crippen LogP contribution in [0.2, 0.25) is 0 Å². The number of ether oxygens (including phenoxy) is 1. The molecule has 0 fully saturated rings. The van der Waals surface area contributed by atoms with E-state index in [9.17, 15) is 0 Å². The zero-order chi connectivity index (χ0) is 12.1. The van der Waals surface area contributed by atoms with Crippen LogP contribution in [0.3, 0.4) is 0 Å². The number of nitrogens with two attached hydrogens (primary N) is 1. The summed E-state index contributed by atoms with van der Waals surface area (Å²) in [5.74, 6) is 0.958. The summed E-state index contributed by atoms with van der Waals surface area (Å²) in [5, 5.41) is 0. The summed E-state index contributed by atoms with van der Waals surface area (Å²) >= 11 is 0. The van der Waals surface area contributed by atoms with E-state index >= 15 is 0 Å². The second-order valence-corrected chi connectivity index (χ2v) is 4.16. The van der Waals surface area contributed by atoms with Crippen molar-refractivity contribution in [1.82, 2.24) is 0 Å². The number of benzene rings is 1. The van der Waals surface area contributed by atoms with Gasteiger partial charge in [0.15, 0.2) is 0 Å². The van der Waals surface area contributed by atoms with Crippen molar-refractivity contribution in [2.75, 3.05) is 7.11 Å². The van der Waals surface area contributed by atoms with Crippen molar-refractivity contribution in [3.05, 3.63) is 41.5 Å². The smallest absolute Gasteiger partial charge is 0.124 e. The highest BCUT2D eigenvalue weighted by atomic mass is 16.5. The first-order chi connectivity index (χ1) is 7.60. The Labute approximate surface area is 98.1 Å². The summed E-state index contributed by atoms with van der Waals surface area (Å²) in [5.41, 5.74) is 9.59. The average Bonchev–Trinajstić information content (AvgIpc) is 2.25. The molecule has 0 amide bonds. The minimum absolute atomic E-state index is 0.0845. The topological polar surface area (TPSA) is 35.2 Å². The van der Waals surface area contributed by atoms with Gasteiger partial charge in [-0.3, -0.25) is 0 Å². The molecule has 0 spiro atoms. The van der Waals surface area contributed by atoms with Crippen LogP contribution in [0.25, 0.3) is 0 Å². The lowest BCUT2D eigenvalue weighted by Crippen LogP contribution is -2.10. The number of methoxy groups -OCH3 is 1. The van der Waals surface area contributed by atoms with Gasteiger partial charge in [-0.05, 0) is 43.4 Å². The Kier molecular flexibility index (Phi) is 4.56. The van der Waals surface area contributed by atoms with Crippen molar-refractivity contribution in [2.24, 2.45) is 5.73 Å². The summed E-state index contributed by atoms with van der Waals surface area (Å²) in [6.45, 7) is 7.82. The lowest BCUT2D eigenvalue weighted by molar-refractivity contribution is 0.408. The minimum atomic E-state index is 0.0845. The molecule has 16 heavy (non-hydrogen) atoms. The van der Waals surface area contributed by atoms with Crippen molar-refractivity contribution < 1.29 is 4.74 Å². The van der Waals surface area contributed by atoms with Crippen molar-refractivity contribution in [1.29, 1.82) is 0 Å². The summed E-state index contributed by atoms with van der Waals surface area (Å²) in [4.78, 5) is 0. The third-order valence-electron chi connectivity index (χ3n) is 2.80. The molecule has 2 nitrogen and oxygen atoms in total. The highest BCUT2D eigenvalue weighted by Crippen LogP contribution is 2.27. The molecule has 0 aliphatic rings. The number of rotatable bonds is 5. The van der Waals surface area contributed by atoms with Crippen LogP contribution in [0, 0.1) is 13.8 Å². The Bertz CT molecular complexity index is 348. The maximum absolute atomic E-state index is 6.12. The van der Waals surface area contributed by atoms with Crippen LogP contribution in [0.1, 0.15) is 35.6 Å². The molecule has 1 aromatic carbocycles. The Morgan fingerprint density at radius 3 is 2.38 bits per heavy atom. The standard InChI is InChI=1S/C14H21NO/c1-5-6-7-13(15)12-8-10(2)14(16-4)11(3)9-12/h5,8-9,13H,1,6-7,15H2,2-4H3/t13-/m1/s1. The molecule has 1 atom stereocenters. The molecule has 0 aliphatic heterocycles. The largest absolute Gasteiger partial charge is 0.496 e. The molecule has 0 aromatic heterocycles. The van der Waals surface area contributed by atoms with E-state index in [0.717, 1.165) is 29.7 Å². The van der Waals surface area contributed by atoms with Crippen LogP contribution < -0.4 is 10.5 Å². The normalized spacial score (nSPS) is 12.2. The van der Waals surface area contributed by atoms with E-state index in [4.69, 9.17) is 10.5 Å². The first-order valence-electron chi connectivity index (χ1n) is 5.61. The second kappa shape index (κ2) is 5.71. The molecule has 0 heterocycles. The van der Waals surface area contributed by atoms with Gasteiger partial charge in [0.1, 0.15) is 5.75 Å². The highest BCUT2D eigenvalue weighted by molar-refractivity contribution is 5.44. The molecule has 1 rings (SSSR count). The van der Waals surface area contributed by atoms with Crippen LogP contribution >= 0.6 is 0 Å². The van der Waals surface area contributed by atoms with E-state index in [1.165, 1.54) is 5.56 Å². The zero-order valence-electron chi connectivity index (χ0n) is 10.4. The van der Waals surface area contributed by atoms with Crippen LogP contribution in [0.5, 0.6) is 5.75 Å². The van der Waals surface area contributed by atoms with Gasteiger partial charge in [0.2, 0.25) is 0 Å². The van der Waals surface area contributed by atoms with Crippen LogP contribution in [0.4, 0.5) is 0 Å². The lowest BCUT2D eigenvalue weighted by atomic mass is 9.98. The third-order valence-corrected chi connectivity index (χ3v) is 2.80. The Hall–Kier alpha value is -1.28. The van der Waals surface area contributed by atoms with Gasteiger partial charge in [-0.1, -0.05) is 18.2 Å². The average molecular weight is 219 g/mol. The summed E-state index contributed by atoms with van der Waals surface area (Å²) in [6.07, 6.45) is 3.79. The summed E-state index contributed by atoms with van der Waals surface area (Å²) < 4.78 is 5.33. The number of hydrogen-bond acceptors (Lipinski definition) is 2. The molecule has 1 aromatic rings. The monoisotopic (exact) mass is 219 g/mol. The molecule has 0 radical (unpaired) electrons. The predicted octanol–water partition coefficient (Wildman–Crippen LogP) is 3.28. The molecule has 0 unspecified atom stereocenters. The van der Waals surface area contributed by atoms with E-state index < -0.39 is 0 Å². The summed E-state index contributed by atoms with van der Waals surface area (Å²) in [7, 11) is 1.70. The number of aryl methyl sites for hydroxylation is 2. The van der Waals surface area contributed by atoms with Gasteiger partial charge in [-0.25, -0.2) is 0 Å². The molecule has 0 bridgehead atoms. The van der Waals surface area contributed by atoms with Gasteiger partial charge in [-0.2, -0.15) is 0 Å². The number of hydrogen-bond donors (Lipinski definition) is 1. The molecular weight excluding hydrogens is 198 g/mol. The first-order valence-corrected chi connectivity index (χ1v) is 5.61. The highest BCUT2D eigenvalue weighted by Gasteiger charge is 2.10. The fourth-order valence-corrected chi connectivity index (χ4v) is 1.98. The van der Waals surface area contributed by atoms with Crippen LogP contribution in [-0.2, 0) is 0 Å². The van der Waals surface area contributed by atoms with Crippen LogP contribution in [0.15, 0.2) is 24.8 Å². The first kappa shape index (κ1) is 12.8. The summed E-state index contributed by atoms with van der Waals surface area (Å²) in [6, 6.07) is 4.31. The van der Waals surface area contributed by atoms with E-state index in [2.05, 4.69) is 32.6 Å². The van der Waals surface area contributed by atoms with Gasteiger partial charge in [0.25, 0.3) is 0 Å². The van der Waals surface area contributed by atoms with Crippen molar-refractivity contribution >= 4 is 0 Å². The van der Waals surface area contributed by atoms with Gasteiger partial charge < -0.3 is 10.5 Å². The minimum Gasteiger partial charge on any atom is -0.496 e. The Morgan fingerprint density at radius 2 is 1.94 bits per heavy atom. The molecular formula is C14H21NO. The fourth-order valence-electron chi connectivity index (χ4n) is 1.98. The maximum Gasteiger partial charge on any atom is 0.124 e. The van der Waals surface area contributed by atoms with Crippen molar-refractivity contribution in [3.63, 3.8) is 0 Å². The zero-order valence-corrected chi connectivity index (χ0v) is 10.4. The second-order valence-electron chi connectivity index (χ2n) is 4.16. The Balaban J connectivity index is 2.94. The molecule has 88 valence electrons. The molecule has 2 N–H and O–H groups in total. The molecule has 0 saturated heterocycles. The van der Waals surface area contributed by atoms with E-state index in [-0.39, 0.29) is 6.04 Å². The van der Waals surface area contributed by atoms with Gasteiger partial charge >= 0.3 is 0 Å². The molecule has 0 aliphatic carbocycles. The maximum atomic E-state index is 6.12. The van der Waals surface area contributed by atoms with Gasteiger partial charge in [0.05, 0.1) is 7.11 Å². The Morgan fingerprint density at radius 1 is 1.38 bits per heavy atom.